The smallest absolute Gasteiger partial charge is 0.471 e. The van der Waals surface area contributed by atoms with Crippen molar-refractivity contribution in [2.24, 2.45) is 0 Å². The minimum Gasteiger partial charge on any atom is -0.497 e. The molecule has 0 aliphatic rings. The molecule has 0 aliphatic heterocycles. The van der Waals surface area contributed by atoms with E-state index in [9.17, 15) is 22.8 Å². The Morgan fingerprint density at radius 2 is 1.88 bits per heavy atom. The van der Waals surface area contributed by atoms with Crippen molar-refractivity contribution in [2.45, 2.75) is 19.6 Å². The Hall–Kier alpha value is -3.04. The van der Waals surface area contributed by atoms with Crippen molar-refractivity contribution in [3.8, 4) is 5.75 Å². The zero-order chi connectivity index (χ0) is 19.3. The van der Waals surface area contributed by atoms with Gasteiger partial charge in [-0.1, -0.05) is 12.1 Å². The second-order valence-corrected chi connectivity index (χ2v) is 5.09. The van der Waals surface area contributed by atoms with Crippen LogP contribution in [0.25, 0.3) is 0 Å². The molecule has 2 rings (SSSR count). The summed E-state index contributed by atoms with van der Waals surface area (Å²) in [6, 6.07) is 6.84. The summed E-state index contributed by atoms with van der Waals surface area (Å²) in [5.74, 6) is -3.00. The molecule has 1 aromatic heterocycles. The van der Waals surface area contributed by atoms with Gasteiger partial charge in [0.15, 0.2) is 11.5 Å². The molecule has 10 heteroatoms. The highest BCUT2D eigenvalue weighted by Crippen LogP contribution is 2.22. The fourth-order valence-electron chi connectivity index (χ4n) is 2.11. The maximum atomic E-state index is 12.5. The molecule has 0 unspecified atom stereocenters. The van der Waals surface area contributed by atoms with E-state index in [-0.39, 0.29) is 18.8 Å². The first-order valence-corrected chi connectivity index (χ1v) is 7.49. The Bertz CT molecular complexity index is 785. The molecule has 1 aromatic carbocycles. The lowest BCUT2D eigenvalue weighted by atomic mass is 10.2. The monoisotopic (exact) mass is 371 g/mol. The zero-order valence-electron chi connectivity index (χ0n) is 14.0. The summed E-state index contributed by atoms with van der Waals surface area (Å²) >= 11 is 0. The molecule has 26 heavy (non-hydrogen) atoms. The van der Waals surface area contributed by atoms with Crippen LogP contribution in [0.3, 0.4) is 0 Å². The first-order valence-electron chi connectivity index (χ1n) is 7.49. The van der Waals surface area contributed by atoms with Crippen molar-refractivity contribution in [3.05, 3.63) is 41.9 Å². The number of aromatic nitrogens is 2. The van der Waals surface area contributed by atoms with E-state index in [2.05, 4.69) is 4.98 Å². The third kappa shape index (κ3) is 4.52. The number of methoxy groups -OCH3 is 1. The highest BCUT2D eigenvalue weighted by Gasteiger charge is 2.40. The third-order valence-corrected chi connectivity index (χ3v) is 3.31. The summed E-state index contributed by atoms with van der Waals surface area (Å²) in [7, 11) is 1.51. The lowest BCUT2D eigenvalue weighted by Gasteiger charge is -2.11. The van der Waals surface area contributed by atoms with Crippen LogP contribution in [0, 0.1) is 0 Å². The van der Waals surface area contributed by atoms with E-state index < -0.39 is 23.9 Å². The van der Waals surface area contributed by atoms with Crippen molar-refractivity contribution in [2.75, 3.05) is 19.0 Å². The molecule has 1 amide bonds. The lowest BCUT2D eigenvalue weighted by molar-refractivity contribution is -0.167. The molecule has 0 saturated heterocycles. The number of imidazole rings is 1. The summed E-state index contributed by atoms with van der Waals surface area (Å²) in [6.45, 7) is 1.70. The van der Waals surface area contributed by atoms with Gasteiger partial charge in [-0.25, -0.2) is 9.78 Å². The maximum absolute atomic E-state index is 12.5. The number of hydrogen-bond donors (Lipinski definition) is 1. The van der Waals surface area contributed by atoms with Crippen LogP contribution in [0.15, 0.2) is 30.6 Å². The molecule has 7 nitrogen and oxygen atoms in total. The number of benzene rings is 1. The number of nitrogens with one attached hydrogen (secondary N) is 1. The van der Waals surface area contributed by atoms with Gasteiger partial charge in [0, 0.05) is 6.54 Å². The van der Waals surface area contributed by atoms with Crippen molar-refractivity contribution in [1.82, 2.24) is 9.55 Å². The standard InChI is InChI=1S/C16H16F3N3O4/c1-3-26-14(23)12-13(21-15(24)16(17,18)19)20-9-22(12)8-10-4-6-11(25-2)7-5-10/h4-7,9H,3,8H2,1-2H3,(H,21,24). The first-order chi connectivity index (χ1) is 12.3. The van der Waals surface area contributed by atoms with Gasteiger partial charge in [-0.3, -0.25) is 4.79 Å². The van der Waals surface area contributed by atoms with E-state index in [4.69, 9.17) is 9.47 Å². The van der Waals surface area contributed by atoms with E-state index in [0.29, 0.717) is 5.75 Å². The molecule has 1 N–H and O–H groups in total. The number of esters is 1. The molecular weight excluding hydrogens is 355 g/mol. The number of carbonyl (C=O) groups excluding carboxylic acids is 2. The van der Waals surface area contributed by atoms with Gasteiger partial charge in [-0.2, -0.15) is 13.2 Å². The van der Waals surface area contributed by atoms with Gasteiger partial charge in [-0.05, 0) is 24.6 Å². The molecule has 0 spiro atoms. The molecular formula is C16H16F3N3O4. The Labute approximate surface area is 146 Å². The molecule has 0 aliphatic carbocycles. The average Bonchev–Trinajstić information content (AvgIpc) is 2.97. The zero-order valence-corrected chi connectivity index (χ0v) is 14.0. The lowest BCUT2D eigenvalue weighted by Crippen LogP contribution is -2.31. The predicted molar refractivity (Wildman–Crippen MR) is 85.0 cm³/mol. The summed E-state index contributed by atoms with van der Waals surface area (Å²) in [5, 5.41) is 1.60. The molecule has 140 valence electrons. The van der Waals surface area contributed by atoms with Gasteiger partial charge in [0.1, 0.15) is 5.75 Å². The molecule has 0 fully saturated rings. The number of rotatable bonds is 6. The summed E-state index contributed by atoms with van der Waals surface area (Å²) < 4.78 is 48.6. The van der Waals surface area contributed by atoms with Gasteiger partial charge < -0.3 is 19.4 Å². The molecule has 2 aromatic rings. The Kier molecular flexibility index (Phi) is 5.86. The molecule has 0 atom stereocenters. The van der Waals surface area contributed by atoms with Gasteiger partial charge in [0.25, 0.3) is 0 Å². The van der Waals surface area contributed by atoms with Gasteiger partial charge in [0.2, 0.25) is 0 Å². The highest BCUT2D eigenvalue weighted by molar-refractivity contribution is 6.00. The third-order valence-electron chi connectivity index (χ3n) is 3.31. The molecule has 0 bridgehead atoms. The SMILES string of the molecule is CCOC(=O)c1c(NC(=O)C(F)(F)F)ncn1Cc1ccc(OC)cc1. The fourth-order valence-corrected chi connectivity index (χ4v) is 2.11. The highest BCUT2D eigenvalue weighted by atomic mass is 19.4. The van der Waals surface area contributed by atoms with Crippen LogP contribution in [0.2, 0.25) is 0 Å². The van der Waals surface area contributed by atoms with Gasteiger partial charge >= 0.3 is 18.1 Å². The number of ether oxygens (including phenoxy) is 2. The van der Waals surface area contributed by atoms with E-state index in [1.165, 1.54) is 11.7 Å². The minimum absolute atomic E-state index is 0.0131. The number of hydrogen-bond acceptors (Lipinski definition) is 5. The maximum Gasteiger partial charge on any atom is 0.471 e. The number of anilines is 1. The summed E-state index contributed by atoms with van der Waals surface area (Å²) in [6.07, 6.45) is -3.95. The quantitative estimate of drug-likeness (QED) is 0.790. The Morgan fingerprint density at radius 1 is 1.23 bits per heavy atom. The minimum atomic E-state index is -5.11. The summed E-state index contributed by atoms with van der Waals surface area (Å²) in [5.41, 5.74) is 0.461. The average molecular weight is 371 g/mol. The van der Waals surface area contributed by atoms with E-state index in [0.717, 1.165) is 11.9 Å². The normalized spacial score (nSPS) is 11.1. The van der Waals surface area contributed by atoms with Crippen molar-refractivity contribution < 1.29 is 32.2 Å². The van der Waals surface area contributed by atoms with Crippen molar-refractivity contribution in [1.29, 1.82) is 0 Å². The van der Waals surface area contributed by atoms with Crippen LogP contribution >= 0.6 is 0 Å². The Morgan fingerprint density at radius 3 is 2.42 bits per heavy atom. The van der Waals surface area contributed by atoms with Crippen LogP contribution in [-0.4, -0.2) is 41.3 Å². The van der Waals surface area contributed by atoms with E-state index in [1.54, 1.807) is 36.5 Å². The molecule has 0 radical (unpaired) electrons. The number of halogens is 3. The van der Waals surface area contributed by atoms with Crippen molar-refractivity contribution >= 4 is 17.7 Å². The van der Waals surface area contributed by atoms with Crippen LogP contribution in [-0.2, 0) is 16.1 Å². The second-order valence-electron chi connectivity index (χ2n) is 5.09. The Balaban J connectivity index is 2.32. The topological polar surface area (TPSA) is 82.5 Å². The van der Waals surface area contributed by atoms with Gasteiger partial charge in [-0.15, -0.1) is 0 Å². The van der Waals surface area contributed by atoms with E-state index in [1.807, 2.05) is 0 Å². The number of nitrogens with zero attached hydrogens (tertiary/aromatic N) is 2. The number of alkyl halides is 3. The molecule has 1 heterocycles. The predicted octanol–water partition coefficient (Wildman–Crippen LogP) is 2.62. The second kappa shape index (κ2) is 7.89. The number of amides is 1. The summed E-state index contributed by atoms with van der Waals surface area (Å²) in [4.78, 5) is 27.0. The van der Waals surface area contributed by atoms with Crippen LogP contribution in [0.1, 0.15) is 23.0 Å². The van der Waals surface area contributed by atoms with Crippen LogP contribution in [0.5, 0.6) is 5.75 Å². The van der Waals surface area contributed by atoms with Crippen LogP contribution < -0.4 is 10.1 Å². The van der Waals surface area contributed by atoms with Crippen LogP contribution in [0.4, 0.5) is 19.0 Å². The largest absolute Gasteiger partial charge is 0.497 e. The van der Waals surface area contributed by atoms with Crippen molar-refractivity contribution in [3.63, 3.8) is 0 Å². The molecule has 0 saturated carbocycles. The fraction of sp³-hybridized carbons (Fsp3) is 0.312. The van der Waals surface area contributed by atoms with E-state index >= 15 is 0 Å². The first kappa shape index (κ1) is 19.3. The number of carbonyl (C=O) groups is 2. The van der Waals surface area contributed by atoms with Gasteiger partial charge in [0.05, 0.1) is 20.0 Å².